The maximum atomic E-state index is 12.7. The Hall–Kier alpha value is -2.69. The zero-order valence-electron chi connectivity index (χ0n) is 14.0. The molecule has 0 aliphatic heterocycles. The van der Waals surface area contributed by atoms with Gasteiger partial charge in [0, 0.05) is 25.2 Å². The van der Waals surface area contributed by atoms with Gasteiger partial charge in [-0.25, -0.2) is 9.78 Å². The Labute approximate surface area is 142 Å². The Kier molecular flexibility index (Phi) is 6.07. The number of hydrogen-bond acceptors (Lipinski definition) is 3. The van der Waals surface area contributed by atoms with Crippen LogP contribution < -0.4 is 0 Å². The highest BCUT2D eigenvalue weighted by molar-refractivity contribution is 5.94. The van der Waals surface area contributed by atoms with Crippen LogP contribution in [0.15, 0.2) is 48.7 Å². The molecule has 126 valence electrons. The summed E-state index contributed by atoms with van der Waals surface area (Å²) in [6.45, 7) is 5.26. The molecule has 1 atom stereocenters. The summed E-state index contributed by atoms with van der Waals surface area (Å²) in [4.78, 5) is 29.1. The topological polar surface area (TPSA) is 70.5 Å². The Bertz CT molecular complexity index is 684. The standard InChI is InChI=1S/C19H22N2O3/c1-3-14(15-8-6-5-7-9-15)13-21(4-2)18(22)16-10-11-17(19(23)24)20-12-16/h5-12,14H,3-4,13H2,1-2H3,(H,23,24). The van der Waals surface area contributed by atoms with E-state index in [0.717, 1.165) is 6.42 Å². The van der Waals surface area contributed by atoms with Crippen molar-refractivity contribution in [2.75, 3.05) is 13.1 Å². The number of carbonyl (C=O) groups is 2. The Morgan fingerprint density at radius 2 is 1.83 bits per heavy atom. The van der Waals surface area contributed by atoms with Crippen LogP contribution in [-0.2, 0) is 0 Å². The minimum Gasteiger partial charge on any atom is -0.477 e. The van der Waals surface area contributed by atoms with Crippen LogP contribution in [0.3, 0.4) is 0 Å². The van der Waals surface area contributed by atoms with E-state index in [9.17, 15) is 9.59 Å². The van der Waals surface area contributed by atoms with Gasteiger partial charge in [0.2, 0.25) is 0 Å². The van der Waals surface area contributed by atoms with Crippen LogP contribution in [0, 0.1) is 0 Å². The molecular formula is C19H22N2O3. The monoisotopic (exact) mass is 326 g/mol. The largest absolute Gasteiger partial charge is 0.477 e. The highest BCUT2D eigenvalue weighted by Crippen LogP contribution is 2.21. The lowest BCUT2D eigenvalue weighted by Gasteiger charge is -2.26. The SMILES string of the molecule is CCC(CN(CC)C(=O)c1ccc(C(=O)O)nc1)c1ccccc1. The number of carboxylic acids is 1. The number of likely N-dealkylation sites (N-methyl/N-ethyl adjacent to an activating group) is 1. The maximum Gasteiger partial charge on any atom is 0.354 e. The minimum absolute atomic E-state index is 0.0645. The third-order valence-corrected chi connectivity index (χ3v) is 4.10. The molecule has 1 aromatic heterocycles. The summed E-state index contributed by atoms with van der Waals surface area (Å²) in [6, 6.07) is 13.0. The normalized spacial score (nSPS) is 11.8. The van der Waals surface area contributed by atoms with Gasteiger partial charge < -0.3 is 10.0 Å². The molecule has 0 bridgehead atoms. The fourth-order valence-corrected chi connectivity index (χ4v) is 2.65. The fraction of sp³-hybridized carbons (Fsp3) is 0.316. The second-order valence-corrected chi connectivity index (χ2v) is 5.60. The van der Waals surface area contributed by atoms with Gasteiger partial charge in [0.1, 0.15) is 5.69 Å². The minimum atomic E-state index is -1.10. The first-order chi connectivity index (χ1) is 11.6. The highest BCUT2D eigenvalue weighted by atomic mass is 16.4. The molecule has 0 radical (unpaired) electrons. The number of carboxylic acid groups (broad SMARTS) is 1. The van der Waals surface area contributed by atoms with Crippen LogP contribution in [0.5, 0.6) is 0 Å². The van der Waals surface area contributed by atoms with Crippen molar-refractivity contribution in [2.45, 2.75) is 26.2 Å². The van der Waals surface area contributed by atoms with E-state index in [1.807, 2.05) is 25.1 Å². The number of benzene rings is 1. The molecule has 0 saturated heterocycles. The molecule has 1 unspecified atom stereocenters. The second kappa shape index (κ2) is 8.24. The average molecular weight is 326 g/mol. The van der Waals surface area contributed by atoms with Gasteiger partial charge in [0.15, 0.2) is 0 Å². The number of nitrogens with zero attached hydrogens (tertiary/aromatic N) is 2. The Balaban J connectivity index is 2.14. The lowest BCUT2D eigenvalue weighted by molar-refractivity contribution is 0.0687. The van der Waals surface area contributed by atoms with Crippen LogP contribution in [0.25, 0.3) is 0 Å². The predicted molar refractivity (Wildman–Crippen MR) is 92.2 cm³/mol. The van der Waals surface area contributed by atoms with Crippen LogP contribution in [0.1, 0.15) is 52.6 Å². The molecule has 2 aromatic rings. The van der Waals surface area contributed by atoms with Gasteiger partial charge in [-0.15, -0.1) is 0 Å². The van der Waals surface area contributed by atoms with Gasteiger partial charge in [-0.3, -0.25) is 4.79 Å². The van der Waals surface area contributed by atoms with Crippen LogP contribution in [-0.4, -0.2) is 40.0 Å². The van der Waals surface area contributed by atoms with Crippen molar-refractivity contribution in [2.24, 2.45) is 0 Å². The summed E-state index contributed by atoms with van der Waals surface area (Å²) in [5.74, 6) is -0.964. The smallest absolute Gasteiger partial charge is 0.354 e. The zero-order valence-corrected chi connectivity index (χ0v) is 14.0. The van der Waals surface area contributed by atoms with E-state index in [4.69, 9.17) is 5.11 Å². The van der Waals surface area contributed by atoms with Crippen molar-refractivity contribution in [3.63, 3.8) is 0 Å². The number of hydrogen-bond donors (Lipinski definition) is 1. The van der Waals surface area contributed by atoms with Gasteiger partial charge in [-0.05, 0) is 31.0 Å². The fourth-order valence-electron chi connectivity index (χ4n) is 2.65. The van der Waals surface area contributed by atoms with E-state index < -0.39 is 5.97 Å². The number of carbonyl (C=O) groups excluding carboxylic acids is 1. The van der Waals surface area contributed by atoms with E-state index in [1.54, 1.807) is 4.90 Å². The molecule has 2 rings (SSSR count). The molecule has 1 heterocycles. The van der Waals surface area contributed by atoms with Crippen molar-refractivity contribution >= 4 is 11.9 Å². The van der Waals surface area contributed by atoms with Crippen molar-refractivity contribution in [3.05, 3.63) is 65.5 Å². The first-order valence-electron chi connectivity index (χ1n) is 8.10. The second-order valence-electron chi connectivity index (χ2n) is 5.60. The zero-order chi connectivity index (χ0) is 17.5. The summed E-state index contributed by atoms with van der Waals surface area (Å²) in [5, 5.41) is 8.89. The molecule has 0 spiro atoms. The Morgan fingerprint density at radius 3 is 2.33 bits per heavy atom. The van der Waals surface area contributed by atoms with Crippen molar-refractivity contribution in [1.82, 2.24) is 9.88 Å². The first kappa shape index (κ1) is 17.7. The van der Waals surface area contributed by atoms with Crippen LogP contribution >= 0.6 is 0 Å². The lowest BCUT2D eigenvalue weighted by atomic mass is 9.95. The molecule has 0 saturated carbocycles. The van der Waals surface area contributed by atoms with Crippen LogP contribution in [0.2, 0.25) is 0 Å². The molecule has 1 N–H and O–H groups in total. The summed E-state index contributed by atoms with van der Waals surface area (Å²) in [6.07, 6.45) is 2.27. The maximum absolute atomic E-state index is 12.7. The van der Waals surface area contributed by atoms with Gasteiger partial charge >= 0.3 is 5.97 Å². The van der Waals surface area contributed by atoms with E-state index in [2.05, 4.69) is 24.0 Å². The van der Waals surface area contributed by atoms with Crippen molar-refractivity contribution in [3.8, 4) is 0 Å². The molecule has 1 amide bonds. The number of aromatic nitrogens is 1. The Morgan fingerprint density at radius 1 is 1.12 bits per heavy atom. The van der Waals surface area contributed by atoms with E-state index in [1.165, 1.54) is 23.9 Å². The summed E-state index contributed by atoms with van der Waals surface area (Å²) < 4.78 is 0. The van der Waals surface area contributed by atoms with E-state index >= 15 is 0 Å². The molecule has 0 aliphatic carbocycles. The van der Waals surface area contributed by atoms with Crippen LogP contribution in [0.4, 0.5) is 0 Å². The van der Waals surface area contributed by atoms with Gasteiger partial charge in [0.05, 0.1) is 5.56 Å². The number of aromatic carboxylic acids is 1. The predicted octanol–water partition coefficient (Wildman–Crippen LogP) is 3.44. The number of amides is 1. The molecule has 0 fully saturated rings. The first-order valence-corrected chi connectivity index (χ1v) is 8.10. The van der Waals surface area contributed by atoms with Crippen molar-refractivity contribution in [1.29, 1.82) is 0 Å². The summed E-state index contributed by atoms with van der Waals surface area (Å²) in [7, 11) is 0. The molecule has 5 heteroatoms. The van der Waals surface area contributed by atoms with Crippen molar-refractivity contribution < 1.29 is 14.7 Å². The molecular weight excluding hydrogens is 304 g/mol. The van der Waals surface area contributed by atoms with Gasteiger partial charge in [0.25, 0.3) is 5.91 Å². The molecule has 5 nitrogen and oxygen atoms in total. The summed E-state index contributed by atoms with van der Waals surface area (Å²) >= 11 is 0. The lowest BCUT2D eigenvalue weighted by Crippen LogP contribution is -2.34. The molecule has 0 aliphatic rings. The third-order valence-electron chi connectivity index (χ3n) is 4.10. The quantitative estimate of drug-likeness (QED) is 0.846. The molecule has 24 heavy (non-hydrogen) atoms. The van der Waals surface area contributed by atoms with Gasteiger partial charge in [-0.2, -0.15) is 0 Å². The van der Waals surface area contributed by atoms with E-state index in [-0.39, 0.29) is 17.5 Å². The number of rotatable bonds is 7. The van der Waals surface area contributed by atoms with E-state index in [0.29, 0.717) is 18.7 Å². The number of pyridine rings is 1. The third kappa shape index (κ3) is 4.19. The highest BCUT2D eigenvalue weighted by Gasteiger charge is 2.20. The summed E-state index contributed by atoms with van der Waals surface area (Å²) in [5.41, 5.74) is 1.56. The average Bonchev–Trinajstić information content (AvgIpc) is 2.63. The molecule has 1 aromatic carbocycles. The van der Waals surface area contributed by atoms with Gasteiger partial charge in [-0.1, -0.05) is 37.3 Å².